The summed E-state index contributed by atoms with van der Waals surface area (Å²) in [6.45, 7) is 3.37. The molecule has 1 fully saturated rings. The number of aromatic nitrogens is 2. The second kappa shape index (κ2) is 5.57. The molecule has 0 saturated carbocycles. The van der Waals surface area contributed by atoms with Crippen LogP contribution in [-0.4, -0.2) is 33.9 Å². The lowest BCUT2D eigenvalue weighted by Gasteiger charge is -2.30. The van der Waals surface area contributed by atoms with Gasteiger partial charge in [0.15, 0.2) is 5.76 Å². The quantitative estimate of drug-likeness (QED) is 0.788. The fraction of sp³-hybridized carbons (Fsp3) is 0.333. The van der Waals surface area contributed by atoms with E-state index in [-0.39, 0.29) is 5.91 Å². The van der Waals surface area contributed by atoms with Crippen molar-refractivity contribution in [1.29, 1.82) is 0 Å². The number of furan rings is 1. The molecule has 1 saturated heterocycles. The lowest BCUT2D eigenvalue weighted by Crippen LogP contribution is -2.38. The molecule has 1 aliphatic heterocycles. The van der Waals surface area contributed by atoms with Crippen molar-refractivity contribution in [3.63, 3.8) is 0 Å². The minimum atomic E-state index is -0.00411. The van der Waals surface area contributed by atoms with Crippen molar-refractivity contribution in [2.24, 2.45) is 0 Å². The first-order valence-electron chi connectivity index (χ1n) is 8.00. The van der Waals surface area contributed by atoms with Gasteiger partial charge in [0.1, 0.15) is 5.82 Å². The minimum Gasteiger partial charge on any atom is -0.459 e. The van der Waals surface area contributed by atoms with Gasteiger partial charge in [-0.3, -0.25) is 4.79 Å². The van der Waals surface area contributed by atoms with Crippen molar-refractivity contribution >= 4 is 16.9 Å². The SMILES string of the molecule is Cc1ccoc1C(=O)N1CCC(c2nc3ccccc3[nH]2)CC1. The molecule has 0 spiro atoms. The molecule has 0 atom stereocenters. The standard InChI is InChI=1S/C18H19N3O2/c1-12-8-11-23-16(12)18(22)21-9-6-13(7-10-21)17-19-14-4-2-3-5-15(14)20-17/h2-5,8,11,13H,6-7,9-10H2,1H3,(H,19,20). The number of aryl methyl sites for hydroxylation is 1. The van der Waals surface area contributed by atoms with Crippen LogP contribution in [0.3, 0.4) is 0 Å². The van der Waals surface area contributed by atoms with E-state index < -0.39 is 0 Å². The summed E-state index contributed by atoms with van der Waals surface area (Å²) in [4.78, 5) is 22.5. The molecule has 4 rings (SSSR count). The van der Waals surface area contributed by atoms with Gasteiger partial charge in [-0.05, 0) is 38.0 Å². The molecule has 2 aromatic heterocycles. The predicted molar refractivity (Wildman–Crippen MR) is 87.4 cm³/mol. The second-order valence-electron chi connectivity index (χ2n) is 6.14. The average molecular weight is 309 g/mol. The maximum absolute atomic E-state index is 12.5. The summed E-state index contributed by atoms with van der Waals surface area (Å²) < 4.78 is 5.32. The molecular formula is C18H19N3O2. The Kier molecular flexibility index (Phi) is 3.41. The van der Waals surface area contributed by atoms with Gasteiger partial charge in [-0.1, -0.05) is 12.1 Å². The number of fused-ring (bicyclic) bond motifs is 1. The molecule has 1 amide bonds. The third-order valence-electron chi connectivity index (χ3n) is 4.63. The summed E-state index contributed by atoms with van der Waals surface area (Å²) >= 11 is 0. The van der Waals surface area contributed by atoms with E-state index in [2.05, 4.69) is 4.98 Å². The number of hydrogen-bond acceptors (Lipinski definition) is 3. The number of carbonyl (C=O) groups is 1. The Bertz CT molecular complexity index is 808. The van der Waals surface area contributed by atoms with Gasteiger partial charge in [-0.15, -0.1) is 0 Å². The van der Waals surface area contributed by atoms with Crippen LogP contribution in [0.4, 0.5) is 0 Å². The van der Waals surface area contributed by atoms with E-state index in [0.29, 0.717) is 11.7 Å². The van der Waals surface area contributed by atoms with E-state index >= 15 is 0 Å². The molecule has 0 aliphatic carbocycles. The van der Waals surface area contributed by atoms with Gasteiger partial charge in [0.25, 0.3) is 5.91 Å². The van der Waals surface area contributed by atoms with Crippen molar-refractivity contribution < 1.29 is 9.21 Å². The summed E-state index contributed by atoms with van der Waals surface area (Å²) in [5.74, 6) is 1.87. The number of rotatable bonds is 2. The van der Waals surface area contributed by atoms with Gasteiger partial charge in [-0.2, -0.15) is 0 Å². The highest BCUT2D eigenvalue weighted by molar-refractivity contribution is 5.92. The molecular weight excluding hydrogens is 290 g/mol. The number of likely N-dealkylation sites (tertiary alicyclic amines) is 1. The Morgan fingerprint density at radius 3 is 2.74 bits per heavy atom. The zero-order chi connectivity index (χ0) is 15.8. The van der Waals surface area contributed by atoms with Crippen LogP contribution in [0.15, 0.2) is 41.0 Å². The first-order chi connectivity index (χ1) is 11.2. The van der Waals surface area contributed by atoms with Gasteiger partial charge < -0.3 is 14.3 Å². The van der Waals surface area contributed by atoms with E-state index in [1.54, 1.807) is 6.26 Å². The zero-order valence-electron chi connectivity index (χ0n) is 13.1. The highest BCUT2D eigenvalue weighted by Crippen LogP contribution is 2.28. The highest BCUT2D eigenvalue weighted by atomic mass is 16.3. The van der Waals surface area contributed by atoms with E-state index in [4.69, 9.17) is 9.40 Å². The molecule has 118 valence electrons. The smallest absolute Gasteiger partial charge is 0.289 e. The molecule has 3 heterocycles. The van der Waals surface area contributed by atoms with Crippen LogP contribution >= 0.6 is 0 Å². The monoisotopic (exact) mass is 309 g/mol. The number of piperidine rings is 1. The summed E-state index contributed by atoms with van der Waals surface area (Å²) in [6, 6.07) is 9.91. The lowest BCUT2D eigenvalue weighted by atomic mass is 9.96. The van der Waals surface area contributed by atoms with Crippen LogP contribution in [0.5, 0.6) is 0 Å². The largest absolute Gasteiger partial charge is 0.459 e. The van der Waals surface area contributed by atoms with E-state index in [0.717, 1.165) is 48.4 Å². The first-order valence-corrected chi connectivity index (χ1v) is 8.00. The summed E-state index contributed by atoms with van der Waals surface area (Å²) in [5.41, 5.74) is 2.98. The molecule has 23 heavy (non-hydrogen) atoms. The lowest BCUT2D eigenvalue weighted by molar-refractivity contribution is 0.0678. The van der Waals surface area contributed by atoms with Gasteiger partial charge in [0.05, 0.1) is 17.3 Å². The first kappa shape index (κ1) is 14.1. The molecule has 0 bridgehead atoms. The normalized spacial score (nSPS) is 16.1. The Labute approximate surface area is 134 Å². The summed E-state index contributed by atoms with van der Waals surface area (Å²) in [6.07, 6.45) is 3.42. The summed E-state index contributed by atoms with van der Waals surface area (Å²) in [5, 5.41) is 0. The van der Waals surface area contributed by atoms with Crippen LogP contribution in [0.1, 0.15) is 40.7 Å². The zero-order valence-corrected chi connectivity index (χ0v) is 13.1. The highest BCUT2D eigenvalue weighted by Gasteiger charge is 2.28. The Morgan fingerprint density at radius 2 is 2.04 bits per heavy atom. The number of nitrogens with one attached hydrogen (secondary N) is 1. The van der Waals surface area contributed by atoms with Gasteiger partial charge in [-0.25, -0.2) is 4.98 Å². The number of para-hydroxylation sites is 2. The molecule has 0 radical (unpaired) electrons. The third-order valence-corrected chi connectivity index (χ3v) is 4.63. The van der Waals surface area contributed by atoms with Gasteiger partial charge in [0, 0.05) is 24.6 Å². The fourth-order valence-corrected chi connectivity index (χ4v) is 3.26. The van der Waals surface area contributed by atoms with Crippen LogP contribution in [-0.2, 0) is 0 Å². The topological polar surface area (TPSA) is 62.1 Å². The molecule has 1 N–H and O–H groups in total. The van der Waals surface area contributed by atoms with Gasteiger partial charge in [0.2, 0.25) is 0 Å². The van der Waals surface area contributed by atoms with Crippen LogP contribution in [0, 0.1) is 6.92 Å². The molecule has 0 unspecified atom stereocenters. The number of benzene rings is 1. The molecule has 3 aromatic rings. The van der Waals surface area contributed by atoms with Gasteiger partial charge >= 0.3 is 0 Å². The minimum absolute atomic E-state index is 0.00411. The van der Waals surface area contributed by atoms with Crippen LogP contribution in [0.2, 0.25) is 0 Å². The van der Waals surface area contributed by atoms with E-state index in [1.165, 1.54) is 0 Å². The predicted octanol–water partition coefficient (Wildman–Crippen LogP) is 3.48. The number of carbonyl (C=O) groups excluding carboxylic acids is 1. The molecule has 5 heteroatoms. The Hall–Kier alpha value is -2.56. The van der Waals surface area contributed by atoms with Crippen LogP contribution < -0.4 is 0 Å². The number of amides is 1. The van der Waals surface area contributed by atoms with Crippen LogP contribution in [0.25, 0.3) is 11.0 Å². The van der Waals surface area contributed by atoms with Crippen molar-refractivity contribution in [1.82, 2.24) is 14.9 Å². The Balaban J connectivity index is 1.46. The number of imidazole rings is 1. The van der Waals surface area contributed by atoms with Crippen molar-refractivity contribution in [3.8, 4) is 0 Å². The number of aromatic amines is 1. The number of nitrogens with zero attached hydrogens (tertiary/aromatic N) is 2. The maximum atomic E-state index is 12.5. The average Bonchev–Trinajstić information content (AvgIpc) is 3.20. The fourth-order valence-electron chi connectivity index (χ4n) is 3.26. The Morgan fingerprint density at radius 1 is 1.26 bits per heavy atom. The van der Waals surface area contributed by atoms with Crippen molar-refractivity contribution in [2.45, 2.75) is 25.7 Å². The number of hydrogen-bond donors (Lipinski definition) is 1. The second-order valence-corrected chi connectivity index (χ2v) is 6.14. The number of H-pyrrole nitrogens is 1. The molecule has 1 aromatic carbocycles. The van der Waals surface area contributed by atoms with Crippen molar-refractivity contribution in [2.75, 3.05) is 13.1 Å². The van der Waals surface area contributed by atoms with Crippen molar-refractivity contribution in [3.05, 3.63) is 53.7 Å². The maximum Gasteiger partial charge on any atom is 0.289 e. The molecule has 5 nitrogen and oxygen atoms in total. The molecule has 1 aliphatic rings. The van der Waals surface area contributed by atoms with E-state index in [9.17, 15) is 4.79 Å². The van der Waals surface area contributed by atoms with E-state index in [1.807, 2.05) is 42.2 Å². The third kappa shape index (κ3) is 2.52. The summed E-state index contributed by atoms with van der Waals surface area (Å²) in [7, 11) is 0.